The normalized spacial score (nSPS) is 18.0. The van der Waals surface area contributed by atoms with Gasteiger partial charge in [-0.15, -0.1) is 0 Å². The van der Waals surface area contributed by atoms with E-state index in [0.717, 1.165) is 0 Å². The third-order valence-corrected chi connectivity index (χ3v) is 2.45. The monoisotopic (exact) mass is 216 g/mol. The Bertz CT molecular complexity index is 455. The fourth-order valence-electron chi connectivity index (χ4n) is 1.54. The van der Waals surface area contributed by atoms with Crippen LogP contribution in [-0.4, -0.2) is 21.8 Å². The van der Waals surface area contributed by atoms with Gasteiger partial charge in [0.1, 0.15) is 0 Å². The number of benzene rings is 1. The summed E-state index contributed by atoms with van der Waals surface area (Å²) in [4.78, 5) is 11.9. The van der Waals surface area contributed by atoms with Crippen molar-refractivity contribution in [1.82, 2.24) is 0 Å². The van der Waals surface area contributed by atoms with Crippen LogP contribution >= 0.6 is 0 Å². The largest absolute Gasteiger partial charge is 0.362 e. The predicted octanol–water partition coefficient (Wildman–Crippen LogP) is 1.44. The fraction of sp³-hybridized carbons (Fsp3) is 0.154. The Labute approximate surface area is 93.4 Å². The first-order valence-corrected chi connectivity index (χ1v) is 5.02. The Morgan fingerprint density at radius 3 is 2.44 bits per heavy atom. The third kappa shape index (κ3) is 2.27. The number of ketones is 1. The maximum Gasteiger partial charge on any atom is 0.192 e. The molecule has 0 saturated carbocycles. The van der Waals surface area contributed by atoms with E-state index in [2.05, 4.69) is 0 Å². The highest BCUT2D eigenvalue weighted by Crippen LogP contribution is 2.20. The summed E-state index contributed by atoms with van der Waals surface area (Å²) < 4.78 is 0. The molecule has 3 heteroatoms. The third-order valence-electron chi connectivity index (χ3n) is 2.45. The van der Waals surface area contributed by atoms with Crippen LogP contribution in [0.3, 0.4) is 0 Å². The number of allylic oxidation sites excluding steroid dienone is 2. The zero-order chi connectivity index (χ0) is 11.6. The molecule has 0 bridgehead atoms. The summed E-state index contributed by atoms with van der Waals surface area (Å²) in [6.45, 7) is 0. The van der Waals surface area contributed by atoms with Crippen molar-refractivity contribution in [3.8, 4) is 0 Å². The Morgan fingerprint density at radius 2 is 1.88 bits per heavy atom. The highest BCUT2D eigenvalue weighted by atomic mass is 16.5. The van der Waals surface area contributed by atoms with Gasteiger partial charge in [0.25, 0.3) is 0 Å². The number of rotatable bonds is 2. The highest BCUT2D eigenvalue weighted by Gasteiger charge is 2.23. The second kappa shape index (κ2) is 4.04. The molecule has 1 aromatic carbocycles. The van der Waals surface area contributed by atoms with Crippen LogP contribution in [0.1, 0.15) is 16.8 Å². The van der Waals surface area contributed by atoms with Gasteiger partial charge in [-0.1, -0.05) is 42.5 Å². The molecule has 0 atom stereocenters. The van der Waals surface area contributed by atoms with Crippen molar-refractivity contribution in [1.29, 1.82) is 0 Å². The molecule has 0 aromatic heterocycles. The molecule has 2 rings (SSSR count). The average molecular weight is 216 g/mol. The Morgan fingerprint density at radius 1 is 1.19 bits per heavy atom. The molecule has 1 aromatic rings. The molecule has 0 aliphatic heterocycles. The lowest BCUT2D eigenvalue weighted by molar-refractivity contribution is -0.115. The number of aliphatic hydroxyl groups is 2. The molecule has 3 nitrogen and oxygen atoms in total. The SMILES string of the molecule is O=C(C1=CCC(O)(O)C=C1)c1ccccc1. The van der Waals surface area contributed by atoms with Gasteiger partial charge in [-0.2, -0.15) is 0 Å². The molecule has 16 heavy (non-hydrogen) atoms. The van der Waals surface area contributed by atoms with Gasteiger partial charge in [-0.05, 0) is 6.08 Å². The van der Waals surface area contributed by atoms with Crippen LogP contribution < -0.4 is 0 Å². The minimum Gasteiger partial charge on any atom is -0.362 e. The summed E-state index contributed by atoms with van der Waals surface area (Å²) in [5.41, 5.74) is 1.09. The molecule has 0 heterocycles. The summed E-state index contributed by atoms with van der Waals surface area (Å²) in [7, 11) is 0. The van der Waals surface area contributed by atoms with Crippen molar-refractivity contribution in [2.24, 2.45) is 0 Å². The van der Waals surface area contributed by atoms with Crippen molar-refractivity contribution < 1.29 is 15.0 Å². The lowest BCUT2D eigenvalue weighted by Gasteiger charge is -2.19. The van der Waals surface area contributed by atoms with Gasteiger partial charge < -0.3 is 10.2 Å². The smallest absolute Gasteiger partial charge is 0.192 e. The maximum atomic E-state index is 11.9. The first-order chi connectivity index (χ1) is 7.58. The van der Waals surface area contributed by atoms with E-state index in [4.69, 9.17) is 0 Å². The zero-order valence-corrected chi connectivity index (χ0v) is 8.63. The summed E-state index contributed by atoms with van der Waals surface area (Å²) in [6, 6.07) is 8.90. The molecule has 0 fully saturated rings. The highest BCUT2D eigenvalue weighted by molar-refractivity contribution is 6.10. The second-order valence-electron chi connectivity index (χ2n) is 3.77. The summed E-state index contributed by atoms with van der Waals surface area (Å²) in [5, 5.41) is 18.5. The maximum absolute atomic E-state index is 11.9. The second-order valence-corrected chi connectivity index (χ2v) is 3.77. The van der Waals surface area contributed by atoms with Crippen LogP contribution in [0.5, 0.6) is 0 Å². The molecule has 1 aliphatic rings. The Balaban J connectivity index is 2.20. The standard InChI is InChI=1S/C13H12O3/c14-12(10-4-2-1-3-5-10)11-6-8-13(15,16)9-7-11/h1-8,15-16H,9H2. The predicted molar refractivity (Wildman–Crippen MR) is 59.8 cm³/mol. The Kier molecular flexibility index (Phi) is 2.73. The summed E-state index contributed by atoms with van der Waals surface area (Å²) >= 11 is 0. The molecule has 82 valence electrons. The average Bonchev–Trinajstić information content (AvgIpc) is 2.29. The van der Waals surface area contributed by atoms with E-state index in [1.807, 2.05) is 6.07 Å². The van der Waals surface area contributed by atoms with Gasteiger partial charge in [-0.25, -0.2) is 0 Å². The molecule has 0 saturated heterocycles. The van der Waals surface area contributed by atoms with Gasteiger partial charge in [0.2, 0.25) is 0 Å². The van der Waals surface area contributed by atoms with Gasteiger partial charge >= 0.3 is 0 Å². The quantitative estimate of drug-likeness (QED) is 0.581. The van der Waals surface area contributed by atoms with Gasteiger partial charge in [-0.3, -0.25) is 4.79 Å². The summed E-state index contributed by atoms with van der Waals surface area (Å²) in [5.74, 6) is -1.92. The minimum atomic E-state index is -1.82. The van der Waals surface area contributed by atoms with Crippen molar-refractivity contribution in [2.75, 3.05) is 0 Å². The number of carbonyl (C=O) groups is 1. The van der Waals surface area contributed by atoms with E-state index in [0.29, 0.717) is 11.1 Å². The molecule has 1 aliphatic carbocycles. The van der Waals surface area contributed by atoms with Crippen molar-refractivity contribution in [3.05, 3.63) is 59.7 Å². The van der Waals surface area contributed by atoms with Crippen LogP contribution in [0.2, 0.25) is 0 Å². The van der Waals surface area contributed by atoms with Crippen LogP contribution in [-0.2, 0) is 0 Å². The van der Waals surface area contributed by atoms with Crippen LogP contribution in [0.15, 0.2) is 54.1 Å². The molecule has 2 N–H and O–H groups in total. The van der Waals surface area contributed by atoms with E-state index < -0.39 is 5.79 Å². The van der Waals surface area contributed by atoms with Gasteiger partial charge in [0.05, 0.1) is 0 Å². The number of hydrogen-bond acceptors (Lipinski definition) is 3. The lowest BCUT2D eigenvalue weighted by atomic mass is 9.96. The van der Waals surface area contributed by atoms with Crippen molar-refractivity contribution in [2.45, 2.75) is 12.2 Å². The van der Waals surface area contributed by atoms with E-state index in [9.17, 15) is 15.0 Å². The lowest BCUT2D eigenvalue weighted by Crippen LogP contribution is -2.26. The molecule has 0 unspecified atom stereocenters. The van der Waals surface area contributed by atoms with Gasteiger partial charge in [0.15, 0.2) is 11.6 Å². The minimum absolute atomic E-state index is 0.0391. The molecular weight excluding hydrogens is 204 g/mol. The van der Waals surface area contributed by atoms with E-state index in [-0.39, 0.29) is 12.2 Å². The summed E-state index contributed by atoms with van der Waals surface area (Å²) in [6.07, 6.45) is 4.24. The topological polar surface area (TPSA) is 57.5 Å². The van der Waals surface area contributed by atoms with Crippen molar-refractivity contribution >= 4 is 5.78 Å². The zero-order valence-electron chi connectivity index (χ0n) is 8.63. The fourth-order valence-corrected chi connectivity index (χ4v) is 1.54. The Hall–Kier alpha value is -1.71. The van der Waals surface area contributed by atoms with E-state index in [1.54, 1.807) is 24.3 Å². The van der Waals surface area contributed by atoms with Crippen LogP contribution in [0.25, 0.3) is 0 Å². The number of Topliss-reactive ketones (excluding diaryl/α,β-unsaturated/α-hetero) is 1. The molecular formula is C13H12O3. The van der Waals surface area contributed by atoms with Crippen LogP contribution in [0.4, 0.5) is 0 Å². The number of hydrogen-bond donors (Lipinski definition) is 2. The van der Waals surface area contributed by atoms with Gasteiger partial charge in [0, 0.05) is 17.6 Å². The first-order valence-electron chi connectivity index (χ1n) is 5.02. The van der Waals surface area contributed by atoms with E-state index in [1.165, 1.54) is 18.2 Å². The molecule has 0 amide bonds. The van der Waals surface area contributed by atoms with Crippen LogP contribution in [0, 0.1) is 0 Å². The first kappa shape index (κ1) is 10.8. The van der Waals surface area contributed by atoms with E-state index >= 15 is 0 Å². The molecule has 0 spiro atoms. The molecule has 0 radical (unpaired) electrons. The van der Waals surface area contributed by atoms with Crippen molar-refractivity contribution in [3.63, 3.8) is 0 Å². The number of carbonyl (C=O) groups excluding carboxylic acids is 1.